The Hall–Kier alpha value is -3.07. The van der Waals surface area contributed by atoms with Crippen LogP contribution in [0.3, 0.4) is 0 Å². The first-order valence-electron chi connectivity index (χ1n) is 8.80. The number of nitrogens with zero attached hydrogens (tertiary/aromatic N) is 5. The Morgan fingerprint density at radius 3 is 2.61 bits per heavy atom. The smallest absolute Gasteiger partial charge is 0.321 e. The molecule has 2 heterocycles. The zero-order valence-corrected chi connectivity index (χ0v) is 17.1. The van der Waals surface area contributed by atoms with Crippen LogP contribution in [0.15, 0.2) is 42.6 Å². The molecule has 3 rings (SSSR count). The number of amides is 2. The van der Waals surface area contributed by atoms with Gasteiger partial charge in [0, 0.05) is 25.7 Å². The number of carbonyl (C=O) groups excluding carboxylic acids is 1. The van der Waals surface area contributed by atoms with Crippen molar-refractivity contribution in [1.82, 2.24) is 25.5 Å². The van der Waals surface area contributed by atoms with Gasteiger partial charge in [0.2, 0.25) is 11.1 Å². The maximum absolute atomic E-state index is 12.2. The van der Waals surface area contributed by atoms with Crippen LogP contribution in [-0.4, -0.2) is 40.3 Å². The van der Waals surface area contributed by atoms with Gasteiger partial charge in [0.05, 0.1) is 12.2 Å². The van der Waals surface area contributed by atoms with Gasteiger partial charge in [-0.15, -0.1) is 10.2 Å². The first-order valence-corrected chi connectivity index (χ1v) is 9.61. The van der Waals surface area contributed by atoms with Gasteiger partial charge in [-0.05, 0) is 25.5 Å². The quantitative estimate of drug-likeness (QED) is 0.664. The summed E-state index contributed by atoms with van der Waals surface area (Å²) in [7, 11) is 3.73. The number of hydrogen-bond acceptors (Lipinski definition) is 7. The van der Waals surface area contributed by atoms with Gasteiger partial charge >= 0.3 is 6.03 Å². The van der Waals surface area contributed by atoms with E-state index in [0.29, 0.717) is 11.1 Å². The van der Waals surface area contributed by atoms with Crippen LogP contribution < -0.4 is 15.5 Å². The summed E-state index contributed by atoms with van der Waals surface area (Å²) in [6.07, 6.45) is 1.67. The molecule has 0 aliphatic carbocycles. The van der Waals surface area contributed by atoms with Crippen LogP contribution in [0.1, 0.15) is 30.1 Å². The van der Waals surface area contributed by atoms with Gasteiger partial charge in [-0.3, -0.25) is 5.32 Å². The highest BCUT2D eigenvalue weighted by Gasteiger charge is 2.27. The molecule has 0 aliphatic heterocycles. The summed E-state index contributed by atoms with van der Waals surface area (Å²) in [5.74, 6) is 0.594. The van der Waals surface area contributed by atoms with Gasteiger partial charge in [-0.25, -0.2) is 14.8 Å². The van der Waals surface area contributed by atoms with E-state index in [1.165, 1.54) is 11.3 Å². The fraction of sp³-hybridized carbons (Fsp3) is 0.316. The van der Waals surface area contributed by atoms with E-state index in [0.717, 1.165) is 16.3 Å². The third-order valence-electron chi connectivity index (χ3n) is 4.21. The lowest BCUT2D eigenvalue weighted by atomic mass is 9.85. The first kappa shape index (κ1) is 19.7. The monoisotopic (exact) mass is 397 g/mol. The molecule has 0 radical (unpaired) electrons. The molecule has 8 nitrogen and oxygen atoms in total. The molecule has 1 aromatic carbocycles. The van der Waals surface area contributed by atoms with Crippen LogP contribution in [0.4, 0.5) is 15.9 Å². The molecule has 0 unspecified atom stereocenters. The largest absolute Gasteiger partial charge is 0.347 e. The Labute approximate surface area is 168 Å². The molecule has 2 N–H and O–H groups in total. The number of hydrogen-bond donors (Lipinski definition) is 2. The third-order valence-corrected chi connectivity index (χ3v) is 5.37. The molecular formula is C19H23N7OS. The summed E-state index contributed by atoms with van der Waals surface area (Å²) < 4.78 is 0. The second kappa shape index (κ2) is 8.30. The van der Waals surface area contributed by atoms with Gasteiger partial charge in [-0.2, -0.15) is 0 Å². The molecule has 0 saturated carbocycles. The van der Waals surface area contributed by atoms with Gasteiger partial charge in [0.15, 0.2) is 0 Å². The van der Waals surface area contributed by atoms with E-state index in [1.54, 1.807) is 17.2 Å². The van der Waals surface area contributed by atoms with Crippen LogP contribution in [0.2, 0.25) is 0 Å². The van der Waals surface area contributed by atoms with Crippen molar-refractivity contribution >= 4 is 28.4 Å². The minimum absolute atomic E-state index is 0.288. The predicted octanol–water partition coefficient (Wildman–Crippen LogP) is 3.04. The van der Waals surface area contributed by atoms with Crippen molar-refractivity contribution in [1.29, 1.82) is 0 Å². The average molecular weight is 398 g/mol. The van der Waals surface area contributed by atoms with Crippen molar-refractivity contribution in [2.24, 2.45) is 0 Å². The molecule has 146 valence electrons. The number of carbonyl (C=O) groups is 1. The second-order valence-electron chi connectivity index (χ2n) is 6.95. The SMILES string of the molecule is CN(C)c1nccc(CNC(=O)Nc2nnc(C(C)(C)c3ccccc3)s2)n1. The number of nitrogens with one attached hydrogen (secondary N) is 2. The predicted molar refractivity (Wildman–Crippen MR) is 111 cm³/mol. The molecule has 0 bridgehead atoms. The van der Waals surface area contributed by atoms with Crippen molar-refractivity contribution in [3.8, 4) is 0 Å². The van der Waals surface area contributed by atoms with E-state index >= 15 is 0 Å². The lowest BCUT2D eigenvalue weighted by Crippen LogP contribution is -2.28. The topological polar surface area (TPSA) is 95.9 Å². The van der Waals surface area contributed by atoms with Gasteiger partial charge < -0.3 is 10.2 Å². The summed E-state index contributed by atoms with van der Waals surface area (Å²) >= 11 is 1.36. The van der Waals surface area contributed by atoms with E-state index in [1.807, 2.05) is 32.3 Å². The van der Waals surface area contributed by atoms with Gasteiger partial charge in [-0.1, -0.05) is 41.7 Å². The Kier molecular flexibility index (Phi) is 5.84. The van der Waals surface area contributed by atoms with Crippen LogP contribution >= 0.6 is 11.3 Å². The molecular weight excluding hydrogens is 374 g/mol. The van der Waals surface area contributed by atoms with Crippen LogP contribution in [0, 0.1) is 0 Å². The Morgan fingerprint density at radius 2 is 1.89 bits per heavy atom. The standard InChI is InChI=1S/C19H23N7OS/c1-19(2,13-8-6-5-7-9-13)15-24-25-18(28-15)23-17(27)21-12-14-10-11-20-16(22-14)26(3)4/h5-11H,12H2,1-4H3,(H2,21,23,25,27). The molecule has 0 fully saturated rings. The Bertz CT molecular complexity index is 940. The van der Waals surface area contributed by atoms with E-state index in [-0.39, 0.29) is 18.0 Å². The zero-order valence-electron chi connectivity index (χ0n) is 16.3. The van der Waals surface area contributed by atoms with Crippen molar-refractivity contribution in [2.45, 2.75) is 25.8 Å². The van der Waals surface area contributed by atoms with Crippen LogP contribution in [0.25, 0.3) is 0 Å². The molecule has 3 aromatic rings. The maximum Gasteiger partial charge on any atom is 0.321 e. The van der Waals surface area contributed by atoms with Crippen LogP contribution in [0.5, 0.6) is 0 Å². The van der Waals surface area contributed by atoms with E-state index < -0.39 is 0 Å². The number of anilines is 2. The average Bonchev–Trinajstić information content (AvgIpc) is 3.16. The van der Waals surface area contributed by atoms with E-state index in [9.17, 15) is 4.79 Å². The molecule has 9 heteroatoms. The maximum atomic E-state index is 12.2. The van der Waals surface area contributed by atoms with Gasteiger partial charge in [0.1, 0.15) is 5.01 Å². The second-order valence-corrected chi connectivity index (χ2v) is 7.93. The van der Waals surface area contributed by atoms with E-state index in [4.69, 9.17) is 0 Å². The fourth-order valence-corrected chi connectivity index (χ4v) is 3.38. The summed E-state index contributed by atoms with van der Waals surface area (Å²) in [6, 6.07) is 11.5. The third kappa shape index (κ3) is 4.61. The minimum Gasteiger partial charge on any atom is -0.347 e. The van der Waals surface area contributed by atoms with Crippen molar-refractivity contribution < 1.29 is 4.79 Å². The molecule has 2 amide bonds. The lowest BCUT2D eigenvalue weighted by molar-refractivity contribution is 0.251. The van der Waals surface area contributed by atoms with Crippen LogP contribution in [-0.2, 0) is 12.0 Å². The fourth-order valence-electron chi connectivity index (χ4n) is 2.52. The molecule has 28 heavy (non-hydrogen) atoms. The summed E-state index contributed by atoms with van der Waals surface area (Å²) in [5, 5.41) is 15.2. The lowest BCUT2D eigenvalue weighted by Gasteiger charge is -2.21. The first-order chi connectivity index (χ1) is 13.4. The number of urea groups is 1. The summed E-state index contributed by atoms with van der Waals surface area (Å²) in [6.45, 7) is 4.46. The Morgan fingerprint density at radius 1 is 1.14 bits per heavy atom. The molecule has 2 aromatic heterocycles. The van der Waals surface area contributed by atoms with E-state index in [2.05, 4.69) is 56.8 Å². The number of aromatic nitrogens is 4. The molecule has 0 atom stereocenters. The molecule has 0 spiro atoms. The highest BCUT2D eigenvalue weighted by atomic mass is 32.1. The van der Waals surface area contributed by atoms with Crippen molar-refractivity contribution in [2.75, 3.05) is 24.3 Å². The van der Waals surface area contributed by atoms with Crippen molar-refractivity contribution in [3.63, 3.8) is 0 Å². The highest BCUT2D eigenvalue weighted by Crippen LogP contribution is 2.34. The highest BCUT2D eigenvalue weighted by molar-refractivity contribution is 7.15. The zero-order chi connectivity index (χ0) is 20.1. The van der Waals surface area contributed by atoms with Crippen molar-refractivity contribution in [3.05, 3.63) is 58.9 Å². The summed E-state index contributed by atoms with van der Waals surface area (Å²) in [4.78, 5) is 22.5. The minimum atomic E-state index is -0.356. The number of benzene rings is 1. The Balaban J connectivity index is 1.60. The number of rotatable bonds is 6. The molecule has 0 aliphatic rings. The summed E-state index contributed by atoms with van der Waals surface area (Å²) in [5.41, 5.74) is 1.57. The molecule has 0 saturated heterocycles. The van der Waals surface area contributed by atoms with Gasteiger partial charge in [0.25, 0.3) is 0 Å². The normalized spacial score (nSPS) is 11.1.